The van der Waals surface area contributed by atoms with Crippen molar-refractivity contribution in [2.24, 2.45) is 0 Å². The topological polar surface area (TPSA) is 104 Å². The van der Waals surface area contributed by atoms with E-state index in [4.69, 9.17) is 0 Å². The van der Waals surface area contributed by atoms with Crippen LogP contribution in [0.4, 0.5) is 0 Å². The van der Waals surface area contributed by atoms with Crippen LogP contribution in [0.5, 0.6) is 0 Å². The molecule has 23 heavy (non-hydrogen) atoms. The molecule has 124 valence electrons. The number of nitrogens with one attached hydrogen (secondary N) is 2. The van der Waals surface area contributed by atoms with Gasteiger partial charge in [-0.3, -0.25) is 24.4 Å². The molecule has 1 aliphatic heterocycles. The van der Waals surface area contributed by atoms with Crippen LogP contribution in [0.2, 0.25) is 0 Å². The van der Waals surface area contributed by atoms with E-state index in [1.54, 1.807) is 17.3 Å². The molecule has 1 aromatic heterocycles. The first-order chi connectivity index (χ1) is 11.0. The third-order valence-corrected chi connectivity index (χ3v) is 3.62. The zero-order valence-electron chi connectivity index (χ0n) is 13.3. The summed E-state index contributed by atoms with van der Waals surface area (Å²) in [5, 5.41) is 5.20. The molecule has 0 saturated carbocycles. The van der Waals surface area contributed by atoms with Crippen LogP contribution in [0.25, 0.3) is 0 Å². The molecule has 8 heteroatoms. The van der Waals surface area contributed by atoms with Gasteiger partial charge < -0.3 is 15.5 Å². The Labute approximate surface area is 134 Å². The summed E-state index contributed by atoms with van der Waals surface area (Å²) < 4.78 is 0. The number of aromatic nitrogens is 2. The molecule has 2 rings (SSSR count). The number of hydrogen-bond acceptors (Lipinski definition) is 5. The highest BCUT2D eigenvalue weighted by molar-refractivity contribution is 5.84. The fourth-order valence-electron chi connectivity index (χ4n) is 2.56. The van der Waals surface area contributed by atoms with Gasteiger partial charge in [0.25, 0.3) is 0 Å². The molecular weight excluding hydrogens is 298 g/mol. The summed E-state index contributed by atoms with van der Waals surface area (Å²) in [6.07, 6.45) is 4.93. The monoisotopic (exact) mass is 319 g/mol. The van der Waals surface area contributed by atoms with Crippen molar-refractivity contribution >= 4 is 17.7 Å². The summed E-state index contributed by atoms with van der Waals surface area (Å²) in [5.41, 5.74) is 1.36. The number of carbonyl (C=O) groups excluding carboxylic acids is 3. The first-order valence-electron chi connectivity index (χ1n) is 7.56. The standard InChI is InChI=1S/C15H21N5O3/c1-10(21)17-7-12-6-16-8-13(19-12)14-4-3-5-20(14)15(23)9-18-11(2)22/h6,8,14H,3-5,7,9H2,1-2H3,(H,17,21)(H,18,22)/t14-/m1/s1. The van der Waals surface area contributed by atoms with Gasteiger partial charge in [0.1, 0.15) is 0 Å². The lowest BCUT2D eigenvalue weighted by molar-refractivity contribution is -0.133. The Morgan fingerprint density at radius 3 is 2.65 bits per heavy atom. The van der Waals surface area contributed by atoms with E-state index in [1.807, 2.05) is 0 Å². The zero-order valence-corrected chi connectivity index (χ0v) is 13.3. The number of amides is 3. The van der Waals surface area contributed by atoms with Gasteiger partial charge in [-0.1, -0.05) is 0 Å². The summed E-state index contributed by atoms with van der Waals surface area (Å²) in [6.45, 7) is 3.76. The van der Waals surface area contributed by atoms with E-state index in [-0.39, 0.29) is 30.3 Å². The van der Waals surface area contributed by atoms with Crippen LogP contribution < -0.4 is 10.6 Å². The van der Waals surface area contributed by atoms with Crippen molar-refractivity contribution in [3.63, 3.8) is 0 Å². The average Bonchev–Trinajstić information content (AvgIpc) is 3.00. The van der Waals surface area contributed by atoms with E-state index in [9.17, 15) is 14.4 Å². The molecule has 1 atom stereocenters. The fourth-order valence-corrected chi connectivity index (χ4v) is 2.56. The normalized spacial score (nSPS) is 17.0. The van der Waals surface area contributed by atoms with E-state index in [2.05, 4.69) is 20.6 Å². The minimum atomic E-state index is -0.230. The maximum atomic E-state index is 12.2. The van der Waals surface area contributed by atoms with Gasteiger partial charge in [-0.15, -0.1) is 0 Å². The fraction of sp³-hybridized carbons (Fsp3) is 0.533. The van der Waals surface area contributed by atoms with Gasteiger partial charge in [0.2, 0.25) is 17.7 Å². The second-order valence-corrected chi connectivity index (χ2v) is 5.50. The molecule has 1 aliphatic rings. The van der Waals surface area contributed by atoms with E-state index in [0.29, 0.717) is 24.5 Å². The largest absolute Gasteiger partial charge is 0.351 e. The third kappa shape index (κ3) is 4.73. The van der Waals surface area contributed by atoms with Gasteiger partial charge in [-0.25, -0.2) is 0 Å². The SMILES string of the molecule is CC(=O)NCC(=O)N1CCC[C@@H]1c1cncc(CNC(C)=O)n1. The molecule has 2 heterocycles. The molecule has 2 N–H and O–H groups in total. The molecule has 0 unspecified atom stereocenters. The van der Waals surface area contributed by atoms with Crippen molar-refractivity contribution in [1.82, 2.24) is 25.5 Å². The van der Waals surface area contributed by atoms with Crippen molar-refractivity contribution < 1.29 is 14.4 Å². The minimum Gasteiger partial charge on any atom is -0.351 e. The quantitative estimate of drug-likeness (QED) is 0.789. The van der Waals surface area contributed by atoms with Crippen LogP contribution in [-0.4, -0.2) is 45.7 Å². The number of carbonyl (C=O) groups is 3. The smallest absolute Gasteiger partial charge is 0.242 e. The Morgan fingerprint density at radius 2 is 1.96 bits per heavy atom. The third-order valence-electron chi connectivity index (χ3n) is 3.62. The Balaban J connectivity index is 2.07. The summed E-state index contributed by atoms with van der Waals surface area (Å²) in [7, 11) is 0. The molecule has 0 aromatic carbocycles. The predicted molar refractivity (Wildman–Crippen MR) is 81.9 cm³/mol. The lowest BCUT2D eigenvalue weighted by Gasteiger charge is -2.24. The number of hydrogen-bond donors (Lipinski definition) is 2. The van der Waals surface area contributed by atoms with Gasteiger partial charge in [-0.05, 0) is 12.8 Å². The van der Waals surface area contributed by atoms with E-state index < -0.39 is 0 Å². The predicted octanol–water partition coefficient (Wildman–Crippen LogP) is -0.0877. The number of rotatable bonds is 5. The van der Waals surface area contributed by atoms with Crippen molar-refractivity contribution in [2.45, 2.75) is 39.3 Å². The van der Waals surface area contributed by atoms with E-state index in [1.165, 1.54) is 13.8 Å². The Morgan fingerprint density at radius 1 is 1.22 bits per heavy atom. The van der Waals surface area contributed by atoms with Crippen LogP contribution in [0.15, 0.2) is 12.4 Å². The zero-order chi connectivity index (χ0) is 16.8. The van der Waals surface area contributed by atoms with Gasteiger partial charge in [-0.2, -0.15) is 0 Å². The highest BCUT2D eigenvalue weighted by Crippen LogP contribution is 2.30. The van der Waals surface area contributed by atoms with E-state index in [0.717, 1.165) is 12.8 Å². The van der Waals surface area contributed by atoms with Crippen LogP contribution in [0.1, 0.15) is 44.1 Å². The molecule has 0 spiro atoms. The Bertz CT molecular complexity index is 605. The van der Waals surface area contributed by atoms with Crippen LogP contribution in [0, 0.1) is 0 Å². The molecule has 1 fully saturated rings. The second-order valence-electron chi connectivity index (χ2n) is 5.50. The van der Waals surface area contributed by atoms with Gasteiger partial charge in [0.15, 0.2) is 0 Å². The van der Waals surface area contributed by atoms with Crippen molar-refractivity contribution in [2.75, 3.05) is 13.1 Å². The summed E-state index contributed by atoms with van der Waals surface area (Å²) in [4.78, 5) is 44.5. The first-order valence-corrected chi connectivity index (χ1v) is 7.56. The van der Waals surface area contributed by atoms with Gasteiger partial charge in [0.05, 0.1) is 42.9 Å². The van der Waals surface area contributed by atoms with Gasteiger partial charge >= 0.3 is 0 Å². The highest BCUT2D eigenvalue weighted by Gasteiger charge is 2.31. The van der Waals surface area contributed by atoms with Gasteiger partial charge in [0, 0.05) is 20.4 Å². The molecule has 0 aliphatic carbocycles. The summed E-state index contributed by atoms with van der Waals surface area (Å²) in [6, 6.07) is -0.138. The maximum Gasteiger partial charge on any atom is 0.242 e. The summed E-state index contributed by atoms with van der Waals surface area (Å²) in [5.74, 6) is -0.492. The molecule has 8 nitrogen and oxygen atoms in total. The average molecular weight is 319 g/mol. The summed E-state index contributed by atoms with van der Waals surface area (Å²) >= 11 is 0. The molecule has 3 amide bonds. The molecule has 0 bridgehead atoms. The van der Waals surface area contributed by atoms with Crippen LogP contribution in [-0.2, 0) is 20.9 Å². The molecule has 1 saturated heterocycles. The van der Waals surface area contributed by atoms with Crippen LogP contribution >= 0.6 is 0 Å². The minimum absolute atomic E-state index is 0.00908. The van der Waals surface area contributed by atoms with Crippen molar-refractivity contribution in [3.8, 4) is 0 Å². The first kappa shape index (κ1) is 16.9. The maximum absolute atomic E-state index is 12.2. The molecular formula is C15H21N5O3. The lowest BCUT2D eigenvalue weighted by atomic mass is 10.1. The van der Waals surface area contributed by atoms with Crippen LogP contribution in [0.3, 0.4) is 0 Å². The Hall–Kier alpha value is -2.51. The Kier molecular flexibility index (Phi) is 5.61. The van der Waals surface area contributed by atoms with Crippen molar-refractivity contribution in [3.05, 3.63) is 23.8 Å². The number of nitrogens with zero attached hydrogens (tertiary/aromatic N) is 3. The molecule has 0 radical (unpaired) electrons. The van der Waals surface area contributed by atoms with Crippen molar-refractivity contribution in [1.29, 1.82) is 0 Å². The lowest BCUT2D eigenvalue weighted by Crippen LogP contribution is -2.39. The number of likely N-dealkylation sites (tertiary alicyclic amines) is 1. The second kappa shape index (κ2) is 7.66. The molecule has 1 aromatic rings. The van der Waals surface area contributed by atoms with E-state index >= 15 is 0 Å². The highest BCUT2D eigenvalue weighted by atomic mass is 16.2.